The van der Waals surface area contributed by atoms with Crippen LogP contribution in [0.4, 0.5) is 10.1 Å². The van der Waals surface area contributed by atoms with Crippen molar-refractivity contribution < 1.29 is 12.8 Å². The predicted octanol–water partition coefficient (Wildman–Crippen LogP) is 1.86. The lowest BCUT2D eigenvalue weighted by atomic mass is 10.1. The molecule has 0 spiro atoms. The summed E-state index contributed by atoms with van der Waals surface area (Å²) in [5, 5.41) is 0.660. The van der Waals surface area contributed by atoms with Crippen molar-refractivity contribution in [2.24, 2.45) is 16.2 Å². The highest BCUT2D eigenvalue weighted by atomic mass is 32.2. The number of hydrazine groups is 1. The van der Waals surface area contributed by atoms with Gasteiger partial charge in [0.2, 0.25) is 0 Å². The number of thiophene rings is 1. The molecule has 2 N–H and O–H groups in total. The van der Waals surface area contributed by atoms with Gasteiger partial charge in [0.05, 0.1) is 5.69 Å². The minimum absolute atomic E-state index is 0.0564. The van der Waals surface area contributed by atoms with Gasteiger partial charge in [0.15, 0.2) is 9.34 Å². The van der Waals surface area contributed by atoms with E-state index in [4.69, 9.17) is 5.84 Å². The van der Waals surface area contributed by atoms with Crippen LogP contribution >= 0.6 is 11.3 Å². The highest BCUT2D eigenvalue weighted by Crippen LogP contribution is 2.39. The second kappa shape index (κ2) is 4.01. The van der Waals surface area contributed by atoms with Gasteiger partial charge in [-0.05, 0) is 12.8 Å². The highest BCUT2D eigenvalue weighted by Gasteiger charge is 2.36. The Morgan fingerprint density at radius 2 is 2.11 bits per heavy atom. The molecule has 1 aromatic rings. The Kier molecular flexibility index (Phi) is 2.68. The van der Waals surface area contributed by atoms with Gasteiger partial charge in [-0.2, -0.15) is 12.8 Å². The fourth-order valence-corrected chi connectivity index (χ4v) is 4.85. The Bertz CT molecular complexity index is 617. The second-order valence-electron chi connectivity index (χ2n) is 4.50. The van der Waals surface area contributed by atoms with E-state index in [0.29, 0.717) is 17.2 Å². The van der Waals surface area contributed by atoms with Crippen LogP contribution in [-0.4, -0.2) is 14.3 Å². The molecule has 8 heteroatoms. The summed E-state index contributed by atoms with van der Waals surface area (Å²) in [5.41, 5.74) is 0.203. The van der Waals surface area contributed by atoms with Crippen LogP contribution in [0.2, 0.25) is 0 Å². The summed E-state index contributed by atoms with van der Waals surface area (Å²) in [6, 6.07) is 1.15. The monoisotopic (exact) mass is 289 g/mol. The smallest absolute Gasteiger partial charge is 0.263 e. The number of anilines is 1. The molecule has 5 nitrogen and oxygen atoms in total. The zero-order chi connectivity index (χ0) is 12.9. The normalized spacial score (nSPS) is 23.0. The maximum Gasteiger partial charge on any atom is 0.295 e. The van der Waals surface area contributed by atoms with Crippen molar-refractivity contribution in [2.45, 2.75) is 29.9 Å². The van der Waals surface area contributed by atoms with E-state index >= 15 is 0 Å². The number of nitrogens with two attached hydrogens (primary N) is 1. The van der Waals surface area contributed by atoms with Crippen molar-refractivity contribution in [3.8, 4) is 0 Å². The number of hydrogen-bond acceptors (Lipinski definition) is 5. The van der Waals surface area contributed by atoms with Gasteiger partial charge >= 0.3 is 0 Å². The number of nitrogens with zero attached hydrogens (tertiary/aromatic N) is 2. The van der Waals surface area contributed by atoms with Gasteiger partial charge in [0, 0.05) is 12.0 Å². The standard InChI is InChI=1S/C10H12FN3O2S2/c11-8-5-7-10(17-8)18(15,16)13-9(14(7)12)6-3-1-2-4-6/h5-6H,1-4,12H2. The highest BCUT2D eigenvalue weighted by molar-refractivity contribution is 7.92. The van der Waals surface area contributed by atoms with E-state index in [1.54, 1.807) is 0 Å². The van der Waals surface area contributed by atoms with Gasteiger partial charge < -0.3 is 0 Å². The molecule has 2 aliphatic rings. The van der Waals surface area contributed by atoms with Gasteiger partial charge in [-0.3, -0.25) is 5.01 Å². The van der Waals surface area contributed by atoms with Gasteiger partial charge in [0.1, 0.15) is 5.84 Å². The third-order valence-electron chi connectivity index (χ3n) is 3.32. The van der Waals surface area contributed by atoms with Crippen molar-refractivity contribution in [1.82, 2.24) is 0 Å². The van der Waals surface area contributed by atoms with E-state index in [-0.39, 0.29) is 15.8 Å². The molecule has 0 amide bonds. The van der Waals surface area contributed by atoms with E-state index in [0.717, 1.165) is 31.7 Å². The maximum atomic E-state index is 13.2. The molecule has 0 unspecified atom stereocenters. The fraction of sp³-hybridized carbons (Fsp3) is 0.500. The summed E-state index contributed by atoms with van der Waals surface area (Å²) in [6.45, 7) is 0. The Labute approximate surface area is 108 Å². The molecule has 1 fully saturated rings. The Balaban J connectivity index is 2.11. The van der Waals surface area contributed by atoms with Crippen molar-refractivity contribution in [2.75, 3.05) is 5.01 Å². The molecule has 1 aromatic heterocycles. The van der Waals surface area contributed by atoms with E-state index in [2.05, 4.69) is 4.40 Å². The lowest BCUT2D eigenvalue weighted by Crippen LogP contribution is -2.44. The molecule has 1 saturated carbocycles. The van der Waals surface area contributed by atoms with Gasteiger partial charge in [-0.15, -0.1) is 4.40 Å². The summed E-state index contributed by atoms with van der Waals surface area (Å²) in [4.78, 5) is 0. The van der Waals surface area contributed by atoms with E-state index in [1.165, 1.54) is 5.01 Å². The van der Waals surface area contributed by atoms with Crippen molar-refractivity contribution in [1.29, 1.82) is 0 Å². The van der Waals surface area contributed by atoms with Crippen LogP contribution in [0.3, 0.4) is 0 Å². The first-order chi connectivity index (χ1) is 8.49. The van der Waals surface area contributed by atoms with Crippen molar-refractivity contribution in [3.05, 3.63) is 11.2 Å². The molecule has 0 atom stereocenters. The molecule has 2 heterocycles. The summed E-state index contributed by atoms with van der Waals surface area (Å²) in [5.74, 6) is 6.28. The largest absolute Gasteiger partial charge is 0.295 e. The van der Waals surface area contributed by atoms with Crippen LogP contribution in [0.5, 0.6) is 0 Å². The number of hydrogen-bond donors (Lipinski definition) is 1. The molecule has 0 aromatic carbocycles. The first kappa shape index (κ1) is 12.1. The van der Waals surface area contributed by atoms with Gasteiger partial charge in [-0.1, -0.05) is 24.2 Å². The average Bonchev–Trinajstić information content (AvgIpc) is 2.92. The summed E-state index contributed by atoms with van der Waals surface area (Å²) in [6.07, 6.45) is 3.85. The predicted molar refractivity (Wildman–Crippen MR) is 67.5 cm³/mol. The van der Waals surface area contributed by atoms with Gasteiger partial charge in [0.25, 0.3) is 10.0 Å². The van der Waals surface area contributed by atoms with Crippen molar-refractivity contribution >= 4 is 32.9 Å². The summed E-state index contributed by atoms with van der Waals surface area (Å²) in [7, 11) is -3.80. The van der Waals surface area contributed by atoms with Crippen LogP contribution in [0.25, 0.3) is 0 Å². The molecular formula is C10H12FN3O2S2. The minimum Gasteiger partial charge on any atom is -0.263 e. The SMILES string of the molecule is NN1C(C2CCCC2)=NS(=O)(=O)c2sc(F)cc21. The molecule has 98 valence electrons. The van der Waals surface area contributed by atoms with Crippen LogP contribution in [0, 0.1) is 11.0 Å². The third kappa shape index (κ3) is 1.75. The van der Waals surface area contributed by atoms with E-state index < -0.39 is 15.2 Å². The van der Waals surface area contributed by atoms with Gasteiger partial charge in [-0.25, -0.2) is 5.84 Å². The molecule has 1 aliphatic heterocycles. The molecule has 1 aliphatic carbocycles. The first-order valence-electron chi connectivity index (χ1n) is 5.68. The Morgan fingerprint density at radius 1 is 1.44 bits per heavy atom. The van der Waals surface area contributed by atoms with Crippen LogP contribution in [0.1, 0.15) is 25.7 Å². The quantitative estimate of drug-likeness (QED) is 0.801. The Hall–Kier alpha value is -0.990. The summed E-state index contributed by atoms with van der Waals surface area (Å²) < 4.78 is 40.8. The van der Waals surface area contributed by atoms with Crippen LogP contribution in [-0.2, 0) is 10.0 Å². The van der Waals surface area contributed by atoms with E-state index in [9.17, 15) is 12.8 Å². The minimum atomic E-state index is -3.80. The molecule has 0 saturated heterocycles. The molecule has 3 rings (SSSR count). The molecular weight excluding hydrogens is 277 g/mol. The lowest BCUT2D eigenvalue weighted by molar-refractivity contribution is 0.596. The zero-order valence-corrected chi connectivity index (χ0v) is 11.1. The van der Waals surface area contributed by atoms with Crippen molar-refractivity contribution in [3.63, 3.8) is 0 Å². The zero-order valence-electron chi connectivity index (χ0n) is 9.47. The fourth-order valence-electron chi connectivity index (χ4n) is 2.48. The summed E-state index contributed by atoms with van der Waals surface area (Å²) >= 11 is 0.562. The van der Waals surface area contributed by atoms with Crippen LogP contribution < -0.4 is 10.9 Å². The Morgan fingerprint density at radius 3 is 2.78 bits per heavy atom. The van der Waals surface area contributed by atoms with E-state index in [1.807, 2.05) is 0 Å². The maximum absolute atomic E-state index is 13.2. The average molecular weight is 289 g/mol. The number of halogens is 1. The molecule has 0 radical (unpaired) electrons. The first-order valence-corrected chi connectivity index (χ1v) is 7.94. The number of fused-ring (bicyclic) bond motifs is 1. The number of amidine groups is 1. The lowest BCUT2D eigenvalue weighted by Gasteiger charge is -2.27. The molecule has 18 heavy (non-hydrogen) atoms. The topological polar surface area (TPSA) is 75.8 Å². The second-order valence-corrected chi connectivity index (χ2v) is 7.30. The van der Waals surface area contributed by atoms with Crippen LogP contribution in [0.15, 0.2) is 14.7 Å². The number of sulfonamides is 1. The third-order valence-corrected chi connectivity index (χ3v) is 6.02. The molecule has 0 bridgehead atoms. The number of rotatable bonds is 1.